The van der Waals surface area contributed by atoms with Crippen LogP contribution in [0.2, 0.25) is 0 Å². The molecule has 13 heavy (non-hydrogen) atoms. The summed E-state index contributed by atoms with van der Waals surface area (Å²) in [4.78, 5) is 4.40. The van der Waals surface area contributed by atoms with Crippen molar-refractivity contribution in [3.05, 3.63) is 34.9 Å². The van der Waals surface area contributed by atoms with Crippen LogP contribution in [0.15, 0.2) is 18.2 Å². The third kappa shape index (κ3) is 1.26. The number of fused-ring (bicyclic) bond motifs is 1. The average molecular weight is 169 g/mol. The first kappa shape index (κ1) is 8.42. The Morgan fingerprint density at radius 1 is 1.15 bits per heavy atom. The summed E-state index contributed by atoms with van der Waals surface area (Å²) in [6, 6.07) is 2.22. The van der Waals surface area contributed by atoms with Gasteiger partial charge in [-0.2, -0.15) is 0 Å². The minimum atomic E-state index is 1.14. The molecule has 0 aliphatic rings. The Morgan fingerprint density at radius 3 is 2.69 bits per heavy atom. The first-order valence-electron chi connectivity index (χ1n) is 4.51. The van der Waals surface area contributed by atoms with Crippen LogP contribution >= 0.6 is 0 Å². The Kier molecular flexibility index (Phi) is 1.91. The van der Waals surface area contributed by atoms with Crippen molar-refractivity contribution in [1.82, 2.24) is 4.98 Å². The van der Waals surface area contributed by atoms with Gasteiger partial charge >= 0.3 is 78.4 Å². The third-order valence-electron chi connectivity index (χ3n) is 2.61. The Hall–Kier alpha value is -1.18. The molecule has 0 saturated carbocycles. The van der Waals surface area contributed by atoms with Crippen molar-refractivity contribution in [2.75, 3.05) is 0 Å². The predicted molar refractivity (Wildman–Crippen MR) is 57.3 cm³/mol. The van der Waals surface area contributed by atoms with Crippen molar-refractivity contribution in [1.29, 1.82) is 0 Å². The molecule has 0 aliphatic heterocycles. The van der Waals surface area contributed by atoms with E-state index in [9.17, 15) is 0 Å². The van der Waals surface area contributed by atoms with Gasteiger partial charge in [0.15, 0.2) is 0 Å². The maximum absolute atomic E-state index is 4.40. The maximum atomic E-state index is 4.40. The minimum absolute atomic E-state index is 1.14. The Morgan fingerprint density at radius 2 is 1.92 bits per heavy atom. The monoisotopic (exact) mass is 169 g/mol. The molecule has 2 heteroatoms. The number of hydrogen-bond donors (Lipinski definition) is 0. The summed E-state index contributed by atoms with van der Waals surface area (Å²) in [5.74, 6) is 1.99. The fourth-order valence-corrected chi connectivity index (χ4v) is 1.72. The molecule has 0 radical (unpaired) electrons. The summed E-state index contributed by atoms with van der Waals surface area (Å²) in [6.45, 7) is 8.53. The van der Waals surface area contributed by atoms with Gasteiger partial charge in [0.1, 0.15) is 0 Å². The number of aryl methyl sites for hydroxylation is 3. The summed E-state index contributed by atoms with van der Waals surface area (Å²) < 4.78 is 0. The molecule has 0 bridgehead atoms. The average Bonchev–Trinajstić information content (AvgIpc) is 2.15. The molecule has 64 valence electrons. The van der Waals surface area contributed by atoms with E-state index in [1.165, 1.54) is 22.0 Å². The van der Waals surface area contributed by atoms with Gasteiger partial charge < -0.3 is 0 Å². The Balaban J connectivity index is 2.97. The molecule has 0 spiro atoms. The van der Waals surface area contributed by atoms with E-state index in [1.54, 1.807) is 0 Å². The fourth-order valence-electron chi connectivity index (χ4n) is 1.72. The van der Waals surface area contributed by atoms with Crippen molar-refractivity contribution in [2.24, 2.45) is 0 Å². The van der Waals surface area contributed by atoms with E-state index < -0.39 is 0 Å². The van der Waals surface area contributed by atoms with Crippen molar-refractivity contribution in [2.45, 2.75) is 20.8 Å². The number of rotatable bonds is 0. The molecule has 0 unspecified atom stereocenters. The fraction of sp³-hybridized carbons (Fsp3) is 0.273. The van der Waals surface area contributed by atoms with Gasteiger partial charge in [-0.25, -0.2) is 0 Å². The van der Waals surface area contributed by atoms with Gasteiger partial charge in [-0.1, -0.05) is 0 Å². The zero-order valence-corrected chi connectivity index (χ0v) is 8.26. The van der Waals surface area contributed by atoms with Crippen LogP contribution in [0.1, 0.15) is 16.7 Å². The van der Waals surface area contributed by atoms with Gasteiger partial charge in [-0.3, -0.25) is 0 Å². The standard InChI is InChI=1S/C11H12BN/c1-7-6-8(2)10-11(9(7)3)13-5-4-12-10/h4-6H,1-3H3. The molecular formula is C11H12BN. The zero-order valence-electron chi connectivity index (χ0n) is 8.26. The van der Waals surface area contributed by atoms with E-state index in [0.29, 0.717) is 0 Å². The summed E-state index contributed by atoms with van der Waals surface area (Å²) in [5.41, 5.74) is 5.07. The summed E-state index contributed by atoms with van der Waals surface area (Å²) in [7, 11) is 0. The van der Waals surface area contributed by atoms with E-state index in [-0.39, 0.29) is 0 Å². The van der Waals surface area contributed by atoms with E-state index >= 15 is 0 Å². The van der Waals surface area contributed by atoms with Gasteiger partial charge in [0.25, 0.3) is 0 Å². The first-order valence-corrected chi connectivity index (χ1v) is 4.51. The quantitative estimate of drug-likeness (QED) is 0.590. The van der Waals surface area contributed by atoms with Gasteiger partial charge in [0.05, 0.1) is 0 Å². The molecular weight excluding hydrogens is 157 g/mol. The van der Waals surface area contributed by atoms with Crippen LogP contribution in [0.5, 0.6) is 0 Å². The molecule has 1 aromatic heterocycles. The zero-order chi connectivity index (χ0) is 9.42. The number of hydrogen-bond acceptors (Lipinski definition) is 1. The molecule has 0 atom stereocenters. The summed E-state index contributed by atoms with van der Waals surface area (Å²) in [6.07, 6.45) is 1.86. The first-order chi connectivity index (χ1) is 6.20. The summed E-state index contributed by atoms with van der Waals surface area (Å²) in [5, 5.41) is 1.27. The summed E-state index contributed by atoms with van der Waals surface area (Å²) >= 11 is 0. The van der Waals surface area contributed by atoms with Crippen LogP contribution in [-0.2, 0) is 0 Å². The van der Waals surface area contributed by atoms with Crippen LogP contribution in [0.25, 0.3) is 10.8 Å². The second-order valence-corrected chi connectivity index (χ2v) is 3.53. The van der Waals surface area contributed by atoms with E-state index in [0.717, 1.165) is 5.52 Å². The van der Waals surface area contributed by atoms with Crippen LogP contribution in [0.3, 0.4) is 0 Å². The molecule has 2 rings (SSSR count). The molecule has 2 aromatic rings. The van der Waals surface area contributed by atoms with Crippen LogP contribution in [-0.4, -0.2) is 11.9 Å². The van der Waals surface area contributed by atoms with E-state index in [1.807, 2.05) is 12.2 Å². The van der Waals surface area contributed by atoms with Crippen molar-refractivity contribution >= 4 is 17.7 Å². The van der Waals surface area contributed by atoms with Gasteiger partial charge in [-0.05, 0) is 0 Å². The number of nitrogens with zero attached hydrogens (tertiary/aromatic N) is 1. The Bertz CT molecular complexity index is 463. The molecule has 0 amide bonds. The van der Waals surface area contributed by atoms with Crippen LogP contribution in [0, 0.1) is 20.8 Å². The molecule has 1 nitrogen and oxygen atoms in total. The molecule has 0 N–H and O–H groups in total. The molecule has 1 aromatic carbocycles. The second-order valence-electron chi connectivity index (χ2n) is 3.53. The van der Waals surface area contributed by atoms with Crippen LogP contribution < -0.4 is 0 Å². The molecule has 0 fully saturated rings. The molecule has 0 saturated heterocycles. The second kappa shape index (κ2) is 2.95. The molecule has 1 heterocycles. The van der Waals surface area contributed by atoms with E-state index in [4.69, 9.17) is 0 Å². The molecule has 0 aliphatic carbocycles. The van der Waals surface area contributed by atoms with Crippen molar-refractivity contribution < 1.29 is 0 Å². The van der Waals surface area contributed by atoms with E-state index in [2.05, 4.69) is 38.7 Å². The van der Waals surface area contributed by atoms with Crippen LogP contribution in [0.4, 0.5) is 0 Å². The SMILES string of the molecule is Cc1cc(C)c2bccnc2c1C. The Labute approximate surface area is 79.0 Å². The van der Waals surface area contributed by atoms with Gasteiger partial charge in [-0.15, -0.1) is 0 Å². The predicted octanol–water partition coefficient (Wildman–Crippen LogP) is 2.50. The van der Waals surface area contributed by atoms with Gasteiger partial charge in [0.2, 0.25) is 0 Å². The van der Waals surface area contributed by atoms with Crippen molar-refractivity contribution in [3.8, 4) is 0 Å². The topological polar surface area (TPSA) is 12.9 Å². The van der Waals surface area contributed by atoms with Crippen molar-refractivity contribution in [3.63, 3.8) is 0 Å². The van der Waals surface area contributed by atoms with Gasteiger partial charge in [0, 0.05) is 0 Å². The number of aromatic nitrogens is 1. The number of benzene rings is 1. The normalized spacial score (nSPS) is 10.4. The third-order valence-corrected chi connectivity index (χ3v) is 2.61.